The fraction of sp³-hybridized carbons (Fsp3) is 0.375. The molecule has 1 fully saturated rings. The Morgan fingerprint density at radius 2 is 1.74 bits per heavy atom. The van der Waals surface area contributed by atoms with E-state index in [1.807, 2.05) is 31.2 Å². The van der Waals surface area contributed by atoms with Gasteiger partial charge in [-0.15, -0.1) is 0 Å². The van der Waals surface area contributed by atoms with Crippen molar-refractivity contribution in [2.45, 2.75) is 45.6 Å². The van der Waals surface area contributed by atoms with Gasteiger partial charge in [0.15, 0.2) is 0 Å². The summed E-state index contributed by atoms with van der Waals surface area (Å²) in [6.45, 7) is 9.89. The van der Waals surface area contributed by atoms with Crippen LogP contribution in [-0.4, -0.2) is 35.9 Å². The molecular formula is C24H29N3O4. The Morgan fingerprint density at radius 3 is 2.35 bits per heavy atom. The minimum atomic E-state index is -1.23. The van der Waals surface area contributed by atoms with Crippen LogP contribution in [-0.2, 0) is 20.5 Å². The number of amides is 4. The van der Waals surface area contributed by atoms with E-state index in [0.717, 1.165) is 10.5 Å². The highest BCUT2D eigenvalue weighted by molar-refractivity contribution is 6.10. The lowest BCUT2D eigenvalue weighted by atomic mass is 9.84. The van der Waals surface area contributed by atoms with Crippen LogP contribution in [0.5, 0.6) is 5.75 Å². The minimum absolute atomic E-state index is 0.0235. The fourth-order valence-electron chi connectivity index (χ4n) is 3.52. The van der Waals surface area contributed by atoms with Gasteiger partial charge in [0, 0.05) is 0 Å². The smallest absolute Gasteiger partial charge is 0.325 e. The molecule has 0 spiro atoms. The third-order valence-electron chi connectivity index (χ3n) is 5.37. The molecule has 31 heavy (non-hydrogen) atoms. The van der Waals surface area contributed by atoms with E-state index in [2.05, 4.69) is 31.4 Å². The number of anilines is 1. The van der Waals surface area contributed by atoms with Gasteiger partial charge in [-0.1, -0.05) is 57.2 Å². The number of nitrogens with one attached hydrogen (secondary N) is 2. The summed E-state index contributed by atoms with van der Waals surface area (Å²) in [4.78, 5) is 39.2. The van der Waals surface area contributed by atoms with Gasteiger partial charge in [-0.2, -0.15) is 0 Å². The summed E-state index contributed by atoms with van der Waals surface area (Å²) >= 11 is 0. The molecule has 1 heterocycles. The lowest BCUT2D eigenvalue weighted by molar-refractivity contribution is -0.133. The Hall–Kier alpha value is -3.35. The van der Waals surface area contributed by atoms with E-state index in [-0.39, 0.29) is 12.0 Å². The van der Waals surface area contributed by atoms with Gasteiger partial charge in [-0.25, -0.2) is 4.79 Å². The van der Waals surface area contributed by atoms with E-state index in [1.165, 1.54) is 0 Å². The first-order valence-corrected chi connectivity index (χ1v) is 10.3. The molecule has 0 radical (unpaired) electrons. The summed E-state index contributed by atoms with van der Waals surface area (Å²) in [5.74, 6) is -0.420. The van der Waals surface area contributed by atoms with Crippen LogP contribution in [0.4, 0.5) is 10.5 Å². The standard InChI is InChI=1S/C24H29N3O4/c1-6-31-19-10-8-7-9-18(19)25-20(28)15-27-21(29)24(5,26-22(27)30)17-13-11-16(12-14-17)23(2,3)4/h7-14H,6,15H2,1-5H3,(H,25,28)(H,26,30)/t24-/m1/s1. The molecule has 7 nitrogen and oxygen atoms in total. The van der Waals surface area contributed by atoms with Crippen molar-refractivity contribution in [1.29, 1.82) is 0 Å². The molecule has 164 valence electrons. The fourth-order valence-corrected chi connectivity index (χ4v) is 3.52. The number of benzene rings is 2. The highest BCUT2D eigenvalue weighted by Gasteiger charge is 2.49. The van der Waals surface area contributed by atoms with E-state index in [0.29, 0.717) is 23.6 Å². The molecule has 2 aromatic rings. The third kappa shape index (κ3) is 4.55. The second-order valence-electron chi connectivity index (χ2n) is 8.75. The summed E-state index contributed by atoms with van der Waals surface area (Å²) in [6, 6.07) is 14.0. The number of carbonyl (C=O) groups is 3. The molecule has 0 bridgehead atoms. The highest BCUT2D eigenvalue weighted by atomic mass is 16.5. The quantitative estimate of drug-likeness (QED) is 0.692. The number of ether oxygens (including phenoxy) is 1. The molecule has 1 atom stereocenters. The second kappa shape index (κ2) is 8.41. The molecule has 7 heteroatoms. The zero-order chi connectivity index (χ0) is 22.8. The maximum Gasteiger partial charge on any atom is 0.325 e. The van der Waals surface area contributed by atoms with Crippen molar-refractivity contribution >= 4 is 23.5 Å². The van der Waals surface area contributed by atoms with Gasteiger partial charge in [-0.05, 0) is 42.5 Å². The van der Waals surface area contributed by atoms with E-state index in [1.54, 1.807) is 31.2 Å². The van der Waals surface area contributed by atoms with Gasteiger partial charge in [0.05, 0.1) is 12.3 Å². The van der Waals surface area contributed by atoms with E-state index in [9.17, 15) is 14.4 Å². The molecule has 1 aliphatic heterocycles. The van der Waals surface area contributed by atoms with Crippen LogP contribution in [0.15, 0.2) is 48.5 Å². The van der Waals surface area contributed by atoms with Crippen LogP contribution in [0.3, 0.4) is 0 Å². The number of hydrogen-bond acceptors (Lipinski definition) is 4. The second-order valence-corrected chi connectivity index (χ2v) is 8.75. The monoisotopic (exact) mass is 423 g/mol. The molecule has 4 amide bonds. The topological polar surface area (TPSA) is 87.7 Å². The lowest BCUT2D eigenvalue weighted by Crippen LogP contribution is -2.42. The SMILES string of the molecule is CCOc1ccccc1NC(=O)CN1C(=O)N[C@](C)(c2ccc(C(C)(C)C)cc2)C1=O. The van der Waals surface area contributed by atoms with Crippen LogP contribution >= 0.6 is 0 Å². The third-order valence-corrected chi connectivity index (χ3v) is 5.37. The number of imide groups is 1. The van der Waals surface area contributed by atoms with Gasteiger partial charge < -0.3 is 15.4 Å². The molecule has 0 saturated carbocycles. The van der Waals surface area contributed by atoms with E-state index in [4.69, 9.17) is 4.74 Å². The number of urea groups is 1. The average molecular weight is 424 g/mol. The summed E-state index contributed by atoms with van der Waals surface area (Å²) in [5.41, 5.74) is 1.03. The first kappa shape index (κ1) is 22.3. The van der Waals surface area contributed by atoms with Crippen molar-refractivity contribution in [2.75, 3.05) is 18.5 Å². The number of carbonyl (C=O) groups excluding carboxylic acids is 3. The van der Waals surface area contributed by atoms with Crippen LogP contribution < -0.4 is 15.4 Å². The summed E-state index contributed by atoms with van der Waals surface area (Å²) in [6.07, 6.45) is 0. The Labute approximate surface area is 182 Å². The van der Waals surface area contributed by atoms with Crippen LogP contribution in [0.1, 0.15) is 45.7 Å². The zero-order valence-corrected chi connectivity index (χ0v) is 18.6. The zero-order valence-electron chi connectivity index (χ0n) is 18.6. The average Bonchev–Trinajstić information content (AvgIpc) is 2.93. The predicted octanol–water partition coefficient (Wildman–Crippen LogP) is 3.79. The molecule has 1 aliphatic rings. The van der Waals surface area contributed by atoms with Gasteiger partial charge in [0.2, 0.25) is 5.91 Å². The first-order chi connectivity index (χ1) is 14.6. The van der Waals surface area contributed by atoms with Crippen molar-refractivity contribution < 1.29 is 19.1 Å². The Kier molecular flexibility index (Phi) is 6.06. The summed E-state index contributed by atoms with van der Waals surface area (Å²) in [7, 11) is 0. The molecule has 0 aromatic heterocycles. The van der Waals surface area contributed by atoms with Gasteiger partial charge in [0.25, 0.3) is 5.91 Å². The van der Waals surface area contributed by atoms with Crippen LogP contribution in [0.2, 0.25) is 0 Å². The van der Waals surface area contributed by atoms with Gasteiger partial charge in [0.1, 0.15) is 17.8 Å². The van der Waals surface area contributed by atoms with E-state index < -0.39 is 23.4 Å². The van der Waals surface area contributed by atoms with Crippen LogP contribution in [0.25, 0.3) is 0 Å². The molecule has 0 unspecified atom stereocenters. The predicted molar refractivity (Wildman–Crippen MR) is 119 cm³/mol. The highest BCUT2D eigenvalue weighted by Crippen LogP contribution is 2.31. The van der Waals surface area contributed by atoms with Crippen molar-refractivity contribution in [3.63, 3.8) is 0 Å². The molecule has 0 aliphatic carbocycles. The minimum Gasteiger partial charge on any atom is -0.492 e. The molecule has 1 saturated heterocycles. The summed E-state index contributed by atoms with van der Waals surface area (Å²) in [5, 5.41) is 5.45. The summed E-state index contributed by atoms with van der Waals surface area (Å²) < 4.78 is 5.50. The van der Waals surface area contributed by atoms with E-state index >= 15 is 0 Å². The maximum atomic E-state index is 13.1. The Morgan fingerprint density at radius 1 is 1.10 bits per heavy atom. The van der Waals surface area contributed by atoms with Crippen molar-refractivity contribution in [3.05, 3.63) is 59.7 Å². The normalized spacial score (nSPS) is 18.7. The Balaban J connectivity index is 1.75. The largest absolute Gasteiger partial charge is 0.492 e. The molecule has 2 aromatic carbocycles. The molecular weight excluding hydrogens is 394 g/mol. The van der Waals surface area contributed by atoms with Gasteiger partial charge >= 0.3 is 6.03 Å². The number of nitrogens with zero attached hydrogens (tertiary/aromatic N) is 1. The van der Waals surface area contributed by atoms with Crippen molar-refractivity contribution in [3.8, 4) is 5.75 Å². The lowest BCUT2D eigenvalue weighted by Gasteiger charge is -2.24. The molecule has 2 N–H and O–H groups in total. The van der Waals surface area contributed by atoms with Gasteiger partial charge in [-0.3, -0.25) is 14.5 Å². The number of para-hydroxylation sites is 2. The Bertz CT molecular complexity index is 995. The maximum absolute atomic E-state index is 13.1. The van der Waals surface area contributed by atoms with Crippen LogP contribution in [0, 0.1) is 0 Å². The van der Waals surface area contributed by atoms with Crippen molar-refractivity contribution in [2.24, 2.45) is 0 Å². The number of rotatable bonds is 6. The molecule has 3 rings (SSSR count). The number of hydrogen-bond donors (Lipinski definition) is 2. The van der Waals surface area contributed by atoms with Crippen molar-refractivity contribution in [1.82, 2.24) is 10.2 Å². The first-order valence-electron chi connectivity index (χ1n) is 10.3.